The first-order chi connectivity index (χ1) is 10.7. The molecule has 0 radical (unpaired) electrons. The number of hydrogen-bond acceptors (Lipinski definition) is 4. The number of rotatable bonds is 6. The van der Waals surface area contributed by atoms with Gasteiger partial charge in [-0.3, -0.25) is 4.72 Å². The zero-order valence-electron chi connectivity index (χ0n) is 12.7. The van der Waals surface area contributed by atoms with Crippen LogP contribution in [0.1, 0.15) is 6.42 Å². The molecule has 1 aromatic carbocycles. The largest absolute Gasteiger partial charge is 1.00 e. The van der Waals surface area contributed by atoms with Gasteiger partial charge in [0, 0.05) is 6.42 Å². The normalized spacial score (nSPS) is 11.1. The van der Waals surface area contributed by atoms with Gasteiger partial charge in [-0.1, -0.05) is 23.2 Å². The highest BCUT2D eigenvalue weighted by Crippen LogP contribution is 2.41. The summed E-state index contributed by atoms with van der Waals surface area (Å²) < 4.78 is 30.2. The highest BCUT2D eigenvalue weighted by molar-refractivity contribution is 7.92. The van der Waals surface area contributed by atoms with Gasteiger partial charge in [0.2, 0.25) is 16.4 Å². The Morgan fingerprint density at radius 1 is 1.42 bits per heavy atom. The summed E-state index contributed by atoms with van der Waals surface area (Å²) in [5.41, 5.74) is 5.45. The summed E-state index contributed by atoms with van der Waals surface area (Å²) in [4.78, 5) is 0. The molecule has 0 aliphatic carbocycles. The molecule has 0 atom stereocenters. The first-order valence-corrected chi connectivity index (χ1v) is 9.08. The number of phenolic OH excluding ortho intramolecular Hbond substituents is 1. The number of benzene rings is 1. The van der Waals surface area contributed by atoms with Gasteiger partial charge in [-0.25, -0.2) is 17.6 Å². The highest BCUT2D eigenvalue weighted by Gasteiger charge is 2.18. The van der Waals surface area contributed by atoms with Crippen LogP contribution in [-0.2, 0) is 23.6 Å². The number of aryl methyl sites for hydroxylation is 2. The van der Waals surface area contributed by atoms with Gasteiger partial charge in [-0.2, -0.15) is 0 Å². The Labute approximate surface area is 156 Å². The molecule has 0 unspecified atom stereocenters. The van der Waals surface area contributed by atoms with Gasteiger partial charge < -0.3 is 23.2 Å². The van der Waals surface area contributed by atoms with Crippen LogP contribution >= 0.6 is 23.2 Å². The van der Waals surface area contributed by atoms with E-state index in [0.717, 1.165) is 0 Å². The van der Waals surface area contributed by atoms with Crippen LogP contribution < -0.4 is 27.4 Å². The number of imidazole rings is 1. The molecule has 0 aliphatic rings. The van der Waals surface area contributed by atoms with E-state index in [0.29, 0.717) is 13.0 Å². The Morgan fingerprint density at radius 2 is 2.08 bits per heavy atom. The van der Waals surface area contributed by atoms with Crippen molar-refractivity contribution >= 4 is 44.6 Å². The van der Waals surface area contributed by atoms with Crippen LogP contribution in [0.2, 0.25) is 10.0 Å². The van der Waals surface area contributed by atoms with Crippen LogP contribution in [0.4, 0.5) is 11.4 Å². The molecule has 0 saturated heterocycles. The first-order valence-electron chi connectivity index (χ1n) is 6.67. The van der Waals surface area contributed by atoms with Crippen molar-refractivity contribution in [2.24, 2.45) is 7.05 Å². The quantitative estimate of drug-likeness (QED) is 0.311. The molecule has 0 saturated carbocycles. The molecule has 7 nitrogen and oxygen atoms in total. The van der Waals surface area contributed by atoms with Crippen LogP contribution in [0.25, 0.3) is 0 Å². The number of nitrogens with one attached hydrogen (secondary N) is 1. The second-order valence-corrected chi connectivity index (χ2v) is 7.70. The molecule has 24 heavy (non-hydrogen) atoms. The molecule has 1 aromatic heterocycles. The first kappa shape index (κ1) is 20.7. The monoisotopic (exact) mass is 414 g/mol. The average Bonchev–Trinajstić information content (AvgIpc) is 2.87. The maximum absolute atomic E-state index is 12.1. The van der Waals surface area contributed by atoms with Crippen molar-refractivity contribution in [3.63, 3.8) is 0 Å². The number of nitrogens with zero attached hydrogens (tertiary/aromatic N) is 2. The molecule has 2 rings (SSSR count). The molecule has 0 spiro atoms. The lowest BCUT2D eigenvalue weighted by molar-refractivity contribution is -0.671. The number of nitrogens with two attached hydrogens (primary N) is 1. The third kappa shape index (κ3) is 5.07. The second-order valence-electron chi connectivity index (χ2n) is 5.07. The Kier molecular flexibility index (Phi) is 7.03. The Morgan fingerprint density at radius 3 is 2.67 bits per heavy atom. The van der Waals surface area contributed by atoms with E-state index in [9.17, 15) is 13.5 Å². The van der Waals surface area contributed by atoms with Crippen LogP contribution in [-0.4, -0.2) is 23.8 Å². The predicted molar refractivity (Wildman–Crippen MR) is 90.2 cm³/mol. The van der Waals surface area contributed by atoms with E-state index in [4.69, 9.17) is 28.9 Å². The number of phenols is 1. The molecule has 4 N–H and O–H groups in total. The predicted octanol–water partition coefficient (Wildman–Crippen LogP) is -1.26. The minimum absolute atomic E-state index is 0. The number of hydrogen-bond donors (Lipinski definition) is 3. The van der Waals surface area contributed by atoms with Gasteiger partial charge in [-0.15, -0.1) is 0 Å². The van der Waals surface area contributed by atoms with Gasteiger partial charge >= 0.3 is 0 Å². The summed E-state index contributed by atoms with van der Waals surface area (Å²) in [5.74, 6) is -0.567. The lowest BCUT2D eigenvalue weighted by Crippen LogP contribution is -3.00. The molecule has 11 heteroatoms. The Balaban J connectivity index is 0.00000288. The Hall–Kier alpha value is -1.35. The maximum atomic E-state index is 12.1. The smallest absolute Gasteiger partial charge is 0.243 e. The van der Waals surface area contributed by atoms with Crippen molar-refractivity contribution in [3.8, 4) is 5.75 Å². The van der Waals surface area contributed by atoms with Gasteiger partial charge in [0.25, 0.3) is 0 Å². The van der Waals surface area contributed by atoms with Crippen LogP contribution in [0.5, 0.6) is 5.75 Å². The molecular formula is C13H17Cl3N4O3S. The average molecular weight is 416 g/mol. The Bertz CT molecular complexity index is 824. The van der Waals surface area contributed by atoms with Crippen molar-refractivity contribution in [1.29, 1.82) is 0 Å². The molecule has 0 fully saturated rings. The summed E-state index contributed by atoms with van der Waals surface area (Å²) in [7, 11) is -1.77. The zero-order chi connectivity index (χ0) is 17.2. The maximum Gasteiger partial charge on any atom is 0.243 e. The number of sulfonamides is 1. The minimum Gasteiger partial charge on any atom is -1.00 e. The van der Waals surface area contributed by atoms with E-state index in [1.54, 1.807) is 0 Å². The van der Waals surface area contributed by atoms with E-state index in [1.807, 2.05) is 34.9 Å². The number of aromatic hydroxyl groups is 1. The van der Waals surface area contributed by atoms with E-state index in [2.05, 4.69) is 4.72 Å². The highest BCUT2D eigenvalue weighted by atomic mass is 35.5. The number of aromatic nitrogens is 2. The van der Waals surface area contributed by atoms with Gasteiger partial charge in [0.15, 0.2) is 5.75 Å². The number of halogens is 3. The fourth-order valence-electron chi connectivity index (χ4n) is 1.99. The third-order valence-corrected chi connectivity index (χ3v) is 5.20. The second kappa shape index (κ2) is 8.15. The summed E-state index contributed by atoms with van der Waals surface area (Å²) in [6.07, 6.45) is 5.97. The minimum atomic E-state index is -3.66. The van der Waals surface area contributed by atoms with Gasteiger partial charge in [0.05, 0.1) is 35.7 Å². The van der Waals surface area contributed by atoms with E-state index >= 15 is 0 Å². The van der Waals surface area contributed by atoms with E-state index < -0.39 is 15.8 Å². The number of nitrogen functional groups attached to an aromatic ring is 1. The van der Waals surface area contributed by atoms with Crippen molar-refractivity contribution in [2.75, 3.05) is 16.2 Å². The van der Waals surface area contributed by atoms with Gasteiger partial charge in [-0.05, 0) is 6.07 Å². The molecule has 0 amide bonds. The molecule has 2 aromatic rings. The lowest BCUT2D eigenvalue weighted by atomic mass is 10.2. The summed E-state index contributed by atoms with van der Waals surface area (Å²) in [6, 6.07) is 1.22. The van der Waals surface area contributed by atoms with Crippen molar-refractivity contribution in [1.82, 2.24) is 4.57 Å². The molecule has 0 bridgehead atoms. The standard InChI is InChI=1S/C13H16Cl2N4O3S.ClH/c1-18-4-5-19(8-18)3-2-6-23(21,22)17-10-7-9(14)12(16)11(15)13(10)20;/h4-5,7-8,17H,2-3,6,16H2,1H3;1H. The molecule has 1 heterocycles. The fraction of sp³-hybridized carbons (Fsp3) is 0.308. The SMILES string of the molecule is C[n+]1ccn(CCCS(=O)(=O)Nc2cc(Cl)c(N)c(Cl)c2O)c1.[Cl-]. The summed E-state index contributed by atoms with van der Waals surface area (Å²) >= 11 is 11.6. The van der Waals surface area contributed by atoms with Crippen LogP contribution in [0, 0.1) is 0 Å². The van der Waals surface area contributed by atoms with E-state index in [-0.39, 0.29) is 39.6 Å². The molecule has 134 valence electrons. The van der Waals surface area contributed by atoms with E-state index in [1.165, 1.54) is 6.07 Å². The molecular weight excluding hydrogens is 399 g/mol. The lowest BCUT2D eigenvalue weighted by Gasteiger charge is -2.12. The topological polar surface area (TPSA) is 101 Å². The summed E-state index contributed by atoms with van der Waals surface area (Å²) in [6.45, 7) is 0.553. The van der Waals surface area contributed by atoms with Crippen molar-refractivity contribution in [2.45, 2.75) is 13.0 Å². The zero-order valence-corrected chi connectivity index (χ0v) is 15.8. The van der Waals surface area contributed by atoms with Crippen molar-refractivity contribution < 1.29 is 30.5 Å². The number of anilines is 2. The fourth-order valence-corrected chi connectivity index (χ4v) is 3.55. The van der Waals surface area contributed by atoms with Crippen molar-refractivity contribution in [3.05, 3.63) is 34.8 Å². The van der Waals surface area contributed by atoms with Crippen LogP contribution in [0.15, 0.2) is 24.8 Å². The summed E-state index contributed by atoms with van der Waals surface area (Å²) in [5, 5.41) is 9.74. The molecule has 0 aliphatic heterocycles. The van der Waals surface area contributed by atoms with Crippen LogP contribution in [0.3, 0.4) is 0 Å². The van der Waals surface area contributed by atoms with Gasteiger partial charge in [0.1, 0.15) is 17.4 Å². The third-order valence-electron chi connectivity index (χ3n) is 3.15.